The molecule has 37 heavy (non-hydrogen) atoms. The molecule has 8 nitrogen and oxygen atoms in total. The molecule has 2 fully saturated rings. The number of nitrogens with zero attached hydrogens (tertiary/aromatic N) is 5. The molecule has 3 aliphatic heterocycles. The highest BCUT2D eigenvalue weighted by Gasteiger charge is 2.48. The number of rotatable bonds is 4. The largest absolute Gasteiger partial charge is 0.381 e. The normalized spacial score (nSPS) is 20.3. The summed E-state index contributed by atoms with van der Waals surface area (Å²) in [7, 11) is 0. The standard InChI is InChI=1S/C29H29N5O3/c1-20-31-9-10-32(20)17-22-5-6-26-25(14-22)29(7-11-37-12-8-29)19-34(26)28(36)23-15-27(35)33(18-23)24-4-2-3-21(13-24)16-30/h2-6,9-10,13-14,23H,7-8,11-12,15,17-19H2,1H3/t23-/m0/s1. The lowest BCUT2D eigenvalue weighted by molar-refractivity contribution is -0.124. The SMILES string of the molecule is Cc1nccn1Cc1ccc2c(c1)C1(CCOCC1)CN2C(=O)[C@H]1CC(=O)N(c2cccc(C#N)c2)C1. The summed E-state index contributed by atoms with van der Waals surface area (Å²) in [6, 6.07) is 15.5. The van der Waals surface area contributed by atoms with Crippen molar-refractivity contribution in [2.75, 3.05) is 36.1 Å². The summed E-state index contributed by atoms with van der Waals surface area (Å²) in [5.41, 5.74) is 4.38. The monoisotopic (exact) mass is 495 g/mol. The van der Waals surface area contributed by atoms with Gasteiger partial charge >= 0.3 is 0 Å². The van der Waals surface area contributed by atoms with Crippen LogP contribution in [0.15, 0.2) is 54.9 Å². The second-order valence-corrected chi connectivity index (χ2v) is 10.3. The van der Waals surface area contributed by atoms with Crippen LogP contribution in [0.25, 0.3) is 0 Å². The molecule has 0 aliphatic carbocycles. The van der Waals surface area contributed by atoms with Crippen LogP contribution >= 0.6 is 0 Å². The summed E-state index contributed by atoms with van der Waals surface area (Å²) in [6.45, 7) is 5.03. The Balaban J connectivity index is 1.29. The first kappa shape index (κ1) is 23.4. The van der Waals surface area contributed by atoms with Crippen molar-refractivity contribution in [1.29, 1.82) is 5.26 Å². The van der Waals surface area contributed by atoms with Gasteiger partial charge in [-0.15, -0.1) is 0 Å². The Morgan fingerprint density at radius 1 is 1.22 bits per heavy atom. The highest BCUT2D eigenvalue weighted by molar-refractivity contribution is 6.05. The zero-order valence-electron chi connectivity index (χ0n) is 20.9. The zero-order valence-corrected chi connectivity index (χ0v) is 20.9. The van der Waals surface area contributed by atoms with Gasteiger partial charge in [-0.25, -0.2) is 4.98 Å². The van der Waals surface area contributed by atoms with Crippen LogP contribution in [0.1, 0.15) is 41.8 Å². The predicted molar refractivity (Wildman–Crippen MR) is 138 cm³/mol. The number of carbonyl (C=O) groups excluding carboxylic acids is 2. The van der Waals surface area contributed by atoms with Crippen molar-refractivity contribution in [3.05, 3.63) is 77.4 Å². The number of fused-ring (bicyclic) bond motifs is 2. The molecule has 2 saturated heterocycles. The molecule has 3 aromatic rings. The molecule has 0 saturated carbocycles. The number of benzene rings is 2. The van der Waals surface area contributed by atoms with Crippen LogP contribution in [0.4, 0.5) is 11.4 Å². The third-order valence-electron chi connectivity index (χ3n) is 8.14. The van der Waals surface area contributed by atoms with E-state index < -0.39 is 5.92 Å². The Bertz CT molecular complexity index is 1410. The van der Waals surface area contributed by atoms with Gasteiger partial charge in [-0.2, -0.15) is 5.26 Å². The van der Waals surface area contributed by atoms with Crippen molar-refractivity contribution in [1.82, 2.24) is 9.55 Å². The van der Waals surface area contributed by atoms with Crippen LogP contribution in [0.5, 0.6) is 0 Å². The fraction of sp³-hybridized carbons (Fsp3) is 0.379. The van der Waals surface area contributed by atoms with Crippen LogP contribution in [0.3, 0.4) is 0 Å². The number of carbonyl (C=O) groups is 2. The minimum absolute atomic E-state index is 0.00453. The van der Waals surface area contributed by atoms with Crippen molar-refractivity contribution in [2.45, 2.75) is 38.1 Å². The molecule has 1 aromatic heterocycles. The van der Waals surface area contributed by atoms with Crippen molar-refractivity contribution in [3.8, 4) is 6.07 Å². The Morgan fingerprint density at radius 3 is 2.81 bits per heavy atom. The minimum atomic E-state index is -0.422. The van der Waals surface area contributed by atoms with E-state index in [1.165, 1.54) is 11.1 Å². The summed E-state index contributed by atoms with van der Waals surface area (Å²) in [5, 5.41) is 9.25. The van der Waals surface area contributed by atoms with Gasteiger partial charge in [-0.3, -0.25) is 9.59 Å². The van der Waals surface area contributed by atoms with E-state index in [-0.39, 0.29) is 23.7 Å². The molecule has 2 aromatic carbocycles. The number of hydrogen-bond acceptors (Lipinski definition) is 5. The number of imidazole rings is 1. The van der Waals surface area contributed by atoms with Crippen molar-refractivity contribution >= 4 is 23.2 Å². The maximum Gasteiger partial charge on any atom is 0.232 e. The molecular weight excluding hydrogens is 466 g/mol. The molecule has 2 amide bonds. The van der Waals surface area contributed by atoms with E-state index in [1.54, 1.807) is 23.1 Å². The van der Waals surface area contributed by atoms with Gasteiger partial charge in [0.05, 0.1) is 17.6 Å². The van der Waals surface area contributed by atoms with E-state index in [2.05, 4.69) is 33.8 Å². The van der Waals surface area contributed by atoms with E-state index >= 15 is 0 Å². The molecule has 4 heterocycles. The lowest BCUT2D eigenvalue weighted by Crippen LogP contribution is -2.43. The van der Waals surface area contributed by atoms with Crippen molar-refractivity contribution in [2.24, 2.45) is 5.92 Å². The summed E-state index contributed by atoms with van der Waals surface area (Å²) >= 11 is 0. The Kier molecular flexibility index (Phi) is 5.81. The van der Waals surface area contributed by atoms with Gasteiger partial charge in [-0.1, -0.05) is 18.2 Å². The number of nitriles is 1. The van der Waals surface area contributed by atoms with E-state index in [0.717, 1.165) is 30.9 Å². The molecule has 0 unspecified atom stereocenters. The maximum atomic E-state index is 13.9. The molecular formula is C29H29N5O3. The van der Waals surface area contributed by atoms with Gasteiger partial charge in [0.1, 0.15) is 5.82 Å². The number of aromatic nitrogens is 2. The lowest BCUT2D eigenvalue weighted by atomic mass is 9.75. The summed E-state index contributed by atoms with van der Waals surface area (Å²) in [6.07, 6.45) is 5.71. The van der Waals surface area contributed by atoms with Gasteiger partial charge in [0.25, 0.3) is 0 Å². The van der Waals surface area contributed by atoms with E-state index in [0.29, 0.717) is 37.6 Å². The van der Waals surface area contributed by atoms with E-state index in [4.69, 9.17) is 4.74 Å². The van der Waals surface area contributed by atoms with Crippen molar-refractivity contribution < 1.29 is 14.3 Å². The highest BCUT2D eigenvalue weighted by atomic mass is 16.5. The summed E-state index contributed by atoms with van der Waals surface area (Å²) in [4.78, 5) is 34.7. The van der Waals surface area contributed by atoms with Crippen LogP contribution in [0, 0.1) is 24.2 Å². The third-order valence-corrected chi connectivity index (χ3v) is 8.14. The zero-order chi connectivity index (χ0) is 25.6. The minimum Gasteiger partial charge on any atom is -0.381 e. The molecule has 0 bridgehead atoms. The fourth-order valence-electron chi connectivity index (χ4n) is 6.05. The fourth-order valence-corrected chi connectivity index (χ4v) is 6.05. The maximum absolute atomic E-state index is 13.9. The molecule has 6 rings (SSSR count). The highest BCUT2D eigenvalue weighted by Crippen LogP contribution is 2.48. The van der Waals surface area contributed by atoms with Crippen LogP contribution in [-0.4, -0.2) is 47.7 Å². The van der Waals surface area contributed by atoms with E-state index in [9.17, 15) is 14.9 Å². The number of hydrogen-bond donors (Lipinski definition) is 0. The van der Waals surface area contributed by atoms with Crippen LogP contribution in [-0.2, 0) is 26.3 Å². The number of ether oxygens (including phenoxy) is 1. The second kappa shape index (κ2) is 9.16. The predicted octanol–water partition coefficient (Wildman–Crippen LogP) is 3.56. The second-order valence-electron chi connectivity index (χ2n) is 10.3. The molecule has 8 heteroatoms. The first-order chi connectivity index (χ1) is 18.0. The summed E-state index contributed by atoms with van der Waals surface area (Å²) < 4.78 is 7.83. The average molecular weight is 496 g/mol. The Morgan fingerprint density at radius 2 is 2.05 bits per heavy atom. The van der Waals surface area contributed by atoms with Crippen LogP contribution < -0.4 is 9.80 Å². The Labute approximate surface area is 216 Å². The summed E-state index contributed by atoms with van der Waals surface area (Å²) in [5.74, 6) is 0.456. The van der Waals surface area contributed by atoms with Gasteiger partial charge in [-0.05, 0) is 55.2 Å². The first-order valence-electron chi connectivity index (χ1n) is 12.8. The van der Waals surface area contributed by atoms with E-state index in [1.807, 2.05) is 30.3 Å². The van der Waals surface area contributed by atoms with Crippen molar-refractivity contribution in [3.63, 3.8) is 0 Å². The van der Waals surface area contributed by atoms with Gasteiger partial charge in [0.2, 0.25) is 11.8 Å². The van der Waals surface area contributed by atoms with Gasteiger partial charge < -0.3 is 19.1 Å². The molecule has 1 spiro atoms. The lowest BCUT2D eigenvalue weighted by Gasteiger charge is -2.34. The third kappa shape index (κ3) is 4.09. The van der Waals surface area contributed by atoms with Gasteiger partial charge in [0, 0.05) is 68.5 Å². The van der Waals surface area contributed by atoms with Gasteiger partial charge in [0.15, 0.2) is 0 Å². The first-order valence-corrected chi connectivity index (χ1v) is 12.8. The van der Waals surface area contributed by atoms with Crippen LogP contribution in [0.2, 0.25) is 0 Å². The Hall–Kier alpha value is -3.96. The molecule has 3 aliphatic rings. The molecule has 1 atom stereocenters. The number of amides is 2. The topological polar surface area (TPSA) is 91.5 Å². The quantitative estimate of drug-likeness (QED) is 0.552. The smallest absolute Gasteiger partial charge is 0.232 e. The molecule has 0 N–H and O–H groups in total. The number of aryl methyl sites for hydroxylation is 1. The molecule has 0 radical (unpaired) electrons. The average Bonchev–Trinajstić information content (AvgIpc) is 3.60. The number of anilines is 2. The molecule has 188 valence electrons.